The molecular weight excluding hydrogens is 322 g/mol. The Hall–Kier alpha value is -2.43. The smallest absolute Gasteiger partial charge is 0.0929 e. The third kappa shape index (κ3) is 3.87. The van der Waals surface area contributed by atoms with E-state index in [1.54, 1.807) is 0 Å². The SMILES string of the molecule is OC(CN1CCCC1)Cn1nc(-c2ccccc2)cc1-c1ccccc1. The Labute approximate surface area is 154 Å². The summed E-state index contributed by atoms with van der Waals surface area (Å²) in [4.78, 5) is 2.34. The molecule has 3 aromatic rings. The average Bonchev–Trinajstić information content (AvgIpc) is 3.33. The molecule has 1 aliphatic heterocycles. The van der Waals surface area contributed by atoms with Crippen molar-refractivity contribution in [3.63, 3.8) is 0 Å². The Morgan fingerprint density at radius 3 is 2.12 bits per heavy atom. The van der Waals surface area contributed by atoms with Crippen molar-refractivity contribution in [1.82, 2.24) is 14.7 Å². The van der Waals surface area contributed by atoms with Crippen LogP contribution in [0.5, 0.6) is 0 Å². The van der Waals surface area contributed by atoms with Crippen LogP contribution in [0.1, 0.15) is 12.8 Å². The van der Waals surface area contributed by atoms with Gasteiger partial charge in [0.15, 0.2) is 0 Å². The normalized spacial score (nSPS) is 16.0. The van der Waals surface area contributed by atoms with Crippen LogP contribution in [-0.4, -0.2) is 45.5 Å². The highest BCUT2D eigenvalue weighted by Gasteiger charge is 2.18. The molecular formula is C22H25N3O. The van der Waals surface area contributed by atoms with E-state index in [-0.39, 0.29) is 0 Å². The lowest BCUT2D eigenvalue weighted by Gasteiger charge is -2.20. The van der Waals surface area contributed by atoms with Gasteiger partial charge >= 0.3 is 0 Å². The molecule has 2 heterocycles. The first-order valence-corrected chi connectivity index (χ1v) is 9.39. The summed E-state index contributed by atoms with van der Waals surface area (Å²) in [6.07, 6.45) is 2.06. The van der Waals surface area contributed by atoms with Gasteiger partial charge in [-0.1, -0.05) is 60.7 Å². The number of hydrogen-bond donors (Lipinski definition) is 1. The van der Waals surface area contributed by atoms with Crippen molar-refractivity contribution in [2.45, 2.75) is 25.5 Å². The lowest BCUT2D eigenvalue weighted by atomic mass is 10.1. The van der Waals surface area contributed by atoms with Gasteiger partial charge in [0.25, 0.3) is 0 Å². The summed E-state index contributed by atoms with van der Waals surface area (Å²) in [5.74, 6) is 0. The summed E-state index contributed by atoms with van der Waals surface area (Å²) in [6, 6.07) is 22.6. The van der Waals surface area contributed by atoms with E-state index in [2.05, 4.69) is 35.2 Å². The molecule has 1 fully saturated rings. The third-order valence-corrected chi connectivity index (χ3v) is 4.97. The van der Waals surface area contributed by atoms with Crippen LogP contribution >= 0.6 is 0 Å². The maximum absolute atomic E-state index is 10.6. The maximum atomic E-state index is 10.6. The van der Waals surface area contributed by atoms with Crippen LogP contribution in [0.4, 0.5) is 0 Å². The Morgan fingerprint density at radius 2 is 1.46 bits per heavy atom. The first-order chi connectivity index (χ1) is 12.8. The van der Waals surface area contributed by atoms with Gasteiger partial charge in [-0.2, -0.15) is 5.10 Å². The van der Waals surface area contributed by atoms with E-state index in [1.165, 1.54) is 12.8 Å². The van der Waals surface area contributed by atoms with Crippen LogP contribution in [0.15, 0.2) is 66.7 Å². The van der Waals surface area contributed by atoms with E-state index in [0.29, 0.717) is 6.54 Å². The summed E-state index contributed by atoms with van der Waals surface area (Å²) in [6.45, 7) is 3.41. The Morgan fingerprint density at radius 1 is 0.846 bits per heavy atom. The summed E-state index contributed by atoms with van der Waals surface area (Å²) >= 11 is 0. The number of benzene rings is 2. The highest BCUT2D eigenvalue weighted by Crippen LogP contribution is 2.26. The molecule has 4 rings (SSSR count). The predicted molar refractivity (Wildman–Crippen MR) is 105 cm³/mol. The van der Waals surface area contributed by atoms with Gasteiger partial charge in [-0.25, -0.2) is 0 Å². The molecule has 1 N–H and O–H groups in total. The second-order valence-electron chi connectivity index (χ2n) is 6.99. The summed E-state index contributed by atoms with van der Waals surface area (Å²) in [5, 5.41) is 15.4. The molecule has 0 radical (unpaired) electrons. The lowest BCUT2D eigenvalue weighted by Crippen LogP contribution is -2.33. The number of likely N-dealkylation sites (tertiary alicyclic amines) is 1. The second kappa shape index (κ2) is 7.85. The number of rotatable bonds is 6. The number of aliphatic hydroxyl groups excluding tert-OH is 1. The molecule has 1 aliphatic rings. The molecule has 2 aromatic carbocycles. The molecule has 4 nitrogen and oxygen atoms in total. The van der Waals surface area contributed by atoms with Crippen molar-refractivity contribution in [3.05, 3.63) is 66.7 Å². The van der Waals surface area contributed by atoms with Crippen molar-refractivity contribution in [2.75, 3.05) is 19.6 Å². The molecule has 4 heteroatoms. The van der Waals surface area contributed by atoms with Gasteiger partial charge in [0, 0.05) is 12.1 Å². The highest BCUT2D eigenvalue weighted by atomic mass is 16.3. The van der Waals surface area contributed by atoms with Crippen LogP contribution in [0.3, 0.4) is 0 Å². The van der Waals surface area contributed by atoms with Crippen molar-refractivity contribution in [1.29, 1.82) is 0 Å². The van der Waals surface area contributed by atoms with Gasteiger partial charge in [-0.15, -0.1) is 0 Å². The fraction of sp³-hybridized carbons (Fsp3) is 0.318. The number of β-amino-alcohol motifs (C(OH)–C–C–N with tert-alkyl or cyclic N) is 1. The Bertz CT molecular complexity index is 823. The van der Waals surface area contributed by atoms with Crippen LogP contribution in [0.25, 0.3) is 22.5 Å². The topological polar surface area (TPSA) is 41.3 Å². The highest BCUT2D eigenvalue weighted by molar-refractivity contribution is 5.68. The average molecular weight is 347 g/mol. The van der Waals surface area contributed by atoms with Crippen molar-refractivity contribution in [2.24, 2.45) is 0 Å². The molecule has 1 saturated heterocycles. The van der Waals surface area contributed by atoms with Gasteiger partial charge in [0.05, 0.1) is 24.0 Å². The second-order valence-corrected chi connectivity index (χ2v) is 6.99. The van der Waals surface area contributed by atoms with E-state index in [0.717, 1.165) is 42.1 Å². The number of nitrogens with zero attached hydrogens (tertiary/aromatic N) is 3. The minimum atomic E-state index is -0.418. The first kappa shape index (κ1) is 17.0. The standard InChI is InChI=1S/C22H25N3O/c26-20(16-24-13-7-8-14-24)17-25-22(19-11-5-2-6-12-19)15-21(23-25)18-9-3-1-4-10-18/h1-6,9-12,15,20,26H,7-8,13-14,16-17H2. The fourth-order valence-corrected chi connectivity index (χ4v) is 3.67. The molecule has 1 aromatic heterocycles. The zero-order valence-corrected chi connectivity index (χ0v) is 15.0. The van der Waals surface area contributed by atoms with Crippen LogP contribution in [0, 0.1) is 0 Å². The molecule has 0 amide bonds. The lowest BCUT2D eigenvalue weighted by molar-refractivity contribution is 0.106. The van der Waals surface area contributed by atoms with E-state index < -0.39 is 6.10 Å². The monoisotopic (exact) mass is 347 g/mol. The molecule has 134 valence electrons. The number of aliphatic hydroxyl groups is 1. The number of aromatic nitrogens is 2. The molecule has 0 bridgehead atoms. The minimum Gasteiger partial charge on any atom is -0.390 e. The van der Waals surface area contributed by atoms with Gasteiger partial charge in [0.2, 0.25) is 0 Å². The molecule has 26 heavy (non-hydrogen) atoms. The molecule has 0 spiro atoms. The van der Waals surface area contributed by atoms with Crippen molar-refractivity contribution < 1.29 is 5.11 Å². The van der Waals surface area contributed by atoms with E-state index >= 15 is 0 Å². The maximum Gasteiger partial charge on any atom is 0.0929 e. The fourth-order valence-electron chi connectivity index (χ4n) is 3.67. The predicted octanol–water partition coefficient (Wildman–Crippen LogP) is 3.67. The van der Waals surface area contributed by atoms with Crippen LogP contribution in [-0.2, 0) is 6.54 Å². The molecule has 1 unspecified atom stereocenters. The van der Waals surface area contributed by atoms with Gasteiger partial charge in [0.1, 0.15) is 0 Å². The van der Waals surface area contributed by atoms with Crippen LogP contribution in [0.2, 0.25) is 0 Å². The Balaban J connectivity index is 1.62. The van der Waals surface area contributed by atoms with E-state index in [1.807, 2.05) is 41.1 Å². The van der Waals surface area contributed by atoms with Crippen molar-refractivity contribution in [3.8, 4) is 22.5 Å². The van der Waals surface area contributed by atoms with Crippen molar-refractivity contribution >= 4 is 0 Å². The Kier molecular flexibility index (Phi) is 5.14. The van der Waals surface area contributed by atoms with Gasteiger partial charge < -0.3 is 10.0 Å². The van der Waals surface area contributed by atoms with Crippen LogP contribution < -0.4 is 0 Å². The molecule has 0 aliphatic carbocycles. The zero-order chi connectivity index (χ0) is 17.8. The number of hydrogen-bond acceptors (Lipinski definition) is 3. The van der Waals surface area contributed by atoms with E-state index in [9.17, 15) is 5.11 Å². The molecule has 0 saturated carbocycles. The van der Waals surface area contributed by atoms with Gasteiger partial charge in [-0.3, -0.25) is 4.68 Å². The molecule has 1 atom stereocenters. The summed E-state index contributed by atoms with van der Waals surface area (Å²) in [7, 11) is 0. The third-order valence-electron chi connectivity index (χ3n) is 4.97. The first-order valence-electron chi connectivity index (χ1n) is 9.39. The zero-order valence-electron chi connectivity index (χ0n) is 15.0. The quantitative estimate of drug-likeness (QED) is 0.740. The van der Waals surface area contributed by atoms with Gasteiger partial charge in [-0.05, 0) is 37.6 Å². The largest absolute Gasteiger partial charge is 0.390 e. The summed E-state index contributed by atoms with van der Waals surface area (Å²) < 4.78 is 1.96. The minimum absolute atomic E-state index is 0.418. The summed E-state index contributed by atoms with van der Waals surface area (Å²) in [5.41, 5.74) is 4.20. The van der Waals surface area contributed by atoms with E-state index in [4.69, 9.17) is 5.10 Å².